The molecule has 96 valence electrons. The van der Waals surface area contributed by atoms with Gasteiger partial charge in [-0.05, 0) is 17.7 Å². The highest BCUT2D eigenvalue weighted by Crippen LogP contribution is 2.35. The van der Waals surface area contributed by atoms with Gasteiger partial charge in [0.05, 0.1) is 6.61 Å². The lowest BCUT2D eigenvalue weighted by molar-refractivity contribution is 0.279. The minimum absolute atomic E-state index is 0.0228. The van der Waals surface area contributed by atoms with Crippen LogP contribution < -0.4 is 4.90 Å². The van der Waals surface area contributed by atoms with Crippen LogP contribution in [0.2, 0.25) is 0 Å². The van der Waals surface area contributed by atoms with Crippen molar-refractivity contribution in [3.05, 3.63) is 28.2 Å². The number of hydrogen-bond donors (Lipinski definition) is 1. The van der Waals surface area contributed by atoms with Crippen LogP contribution in [0.5, 0.6) is 0 Å². The molecule has 0 atom stereocenters. The lowest BCUT2D eigenvalue weighted by Gasteiger charge is -2.05. The molecule has 0 unspecified atom stereocenters. The number of rotatable bonds is 4. The molecule has 7 heteroatoms. The molecule has 0 radical (unpaired) electrons. The molecule has 0 aliphatic rings. The number of aliphatic hydroxyl groups is 1. The number of aliphatic hydroxyl groups excluding tert-OH is 1. The molecule has 0 aliphatic carbocycles. The molecular formula is C11H12BrN3OS2. The molecule has 2 aromatic rings. The largest absolute Gasteiger partial charge is 0.392 e. The zero-order chi connectivity index (χ0) is 13.1. The summed E-state index contributed by atoms with van der Waals surface area (Å²) in [5.41, 5.74) is 0.893. The first kappa shape index (κ1) is 13.8. The van der Waals surface area contributed by atoms with Gasteiger partial charge in [-0.1, -0.05) is 45.1 Å². The summed E-state index contributed by atoms with van der Waals surface area (Å²) in [5, 5.41) is 18.4. The summed E-state index contributed by atoms with van der Waals surface area (Å²) in [5.74, 6) is 0. The van der Waals surface area contributed by atoms with Gasteiger partial charge in [-0.3, -0.25) is 0 Å². The van der Waals surface area contributed by atoms with Gasteiger partial charge in [-0.2, -0.15) is 0 Å². The smallest absolute Gasteiger partial charge is 0.208 e. The maximum atomic E-state index is 9.31. The van der Waals surface area contributed by atoms with Crippen molar-refractivity contribution in [2.24, 2.45) is 0 Å². The summed E-state index contributed by atoms with van der Waals surface area (Å²) < 4.78 is 1.85. The van der Waals surface area contributed by atoms with Crippen LogP contribution in [-0.2, 0) is 6.61 Å². The Labute approximate surface area is 122 Å². The van der Waals surface area contributed by atoms with E-state index >= 15 is 0 Å². The van der Waals surface area contributed by atoms with E-state index in [2.05, 4.69) is 26.1 Å². The van der Waals surface area contributed by atoms with E-state index in [9.17, 15) is 5.11 Å². The van der Waals surface area contributed by atoms with Crippen molar-refractivity contribution in [2.45, 2.75) is 15.8 Å². The molecule has 1 N–H and O–H groups in total. The molecule has 0 saturated carbocycles. The van der Waals surface area contributed by atoms with Crippen LogP contribution in [0.25, 0.3) is 0 Å². The summed E-state index contributed by atoms with van der Waals surface area (Å²) in [7, 11) is 3.88. The Kier molecular flexibility index (Phi) is 4.60. The number of benzene rings is 1. The molecule has 0 aliphatic heterocycles. The van der Waals surface area contributed by atoms with Crippen LogP contribution in [-0.4, -0.2) is 29.4 Å². The zero-order valence-corrected chi connectivity index (χ0v) is 13.1. The van der Waals surface area contributed by atoms with E-state index in [1.54, 1.807) is 0 Å². The van der Waals surface area contributed by atoms with Gasteiger partial charge in [0.1, 0.15) is 0 Å². The summed E-state index contributed by atoms with van der Waals surface area (Å²) in [4.78, 5) is 2.92. The van der Waals surface area contributed by atoms with Gasteiger partial charge in [-0.15, -0.1) is 10.2 Å². The summed E-state index contributed by atoms with van der Waals surface area (Å²) in [6.45, 7) is 0.0228. The van der Waals surface area contributed by atoms with Crippen molar-refractivity contribution in [2.75, 3.05) is 19.0 Å². The SMILES string of the molecule is CN(C)c1nnc(Sc2cc(Br)ccc2CO)s1. The Morgan fingerprint density at radius 1 is 1.39 bits per heavy atom. The number of hydrogen-bond acceptors (Lipinski definition) is 6. The monoisotopic (exact) mass is 345 g/mol. The molecular weight excluding hydrogens is 334 g/mol. The topological polar surface area (TPSA) is 49.2 Å². The summed E-state index contributed by atoms with van der Waals surface area (Å²) in [6.07, 6.45) is 0. The second kappa shape index (κ2) is 6.01. The molecule has 0 bridgehead atoms. The second-order valence-electron chi connectivity index (χ2n) is 3.76. The van der Waals surface area contributed by atoms with Crippen LogP contribution in [0, 0.1) is 0 Å². The van der Waals surface area contributed by atoms with E-state index in [1.807, 2.05) is 37.2 Å². The predicted octanol–water partition coefficient (Wildman–Crippen LogP) is 3.01. The van der Waals surface area contributed by atoms with Gasteiger partial charge in [0, 0.05) is 23.5 Å². The maximum Gasteiger partial charge on any atom is 0.208 e. The molecule has 4 nitrogen and oxygen atoms in total. The number of halogens is 1. The minimum atomic E-state index is 0.0228. The molecule has 1 aromatic heterocycles. The Balaban J connectivity index is 2.24. The van der Waals surface area contributed by atoms with E-state index in [0.29, 0.717) is 0 Å². The quantitative estimate of drug-likeness (QED) is 0.922. The van der Waals surface area contributed by atoms with Gasteiger partial charge >= 0.3 is 0 Å². The highest BCUT2D eigenvalue weighted by Gasteiger charge is 2.10. The fourth-order valence-corrected chi connectivity index (χ4v) is 3.67. The lowest BCUT2D eigenvalue weighted by Crippen LogP contribution is -2.07. The van der Waals surface area contributed by atoms with E-state index in [0.717, 1.165) is 24.4 Å². The van der Waals surface area contributed by atoms with Crippen molar-refractivity contribution in [1.82, 2.24) is 10.2 Å². The normalized spacial score (nSPS) is 10.7. The molecule has 0 amide bonds. The number of anilines is 1. The Morgan fingerprint density at radius 3 is 2.78 bits per heavy atom. The van der Waals surface area contributed by atoms with Crippen molar-refractivity contribution in [1.29, 1.82) is 0 Å². The van der Waals surface area contributed by atoms with E-state index in [-0.39, 0.29) is 6.61 Å². The van der Waals surface area contributed by atoms with Crippen LogP contribution in [0.3, 0.4) is 0 Å². The third-order valence-electron chi connectivity index (χ3n) is 2.18. The van der Waals surface area contributed by atoms with E-state index < -0.39 is 0 Å². The Bertz CT molecular complexity index is 545. The van der Waals surface area contributed by atoms with Gasteiger partial charge < -0.3 is 10.0 Å². The van der Waals surface area contributed by atoms with Gasteiger partial charge in [-0.25, -0.2) is 0 Å². The second-order valence-corrected chi connectivity index (χ2v) is 6.92. The van der Waals surface area contributed by atoms with E-state index in [4.69, 9.17) is 0 Å². The first-order valence-electron chi connectivity index (χ1n) is 5.18. The number of nitrogens with zero attached hydrogens (tertiary/aromatic N) is 3. The molecule has 18 heavy (non-hydrogen) atoms. The third kappa shape index (κ3) is 3.23. The summed E-state index contributed by atoms with van der Waals surface area (Å²) >= 11 is 6.48. The van der Waals surface area contributed by atoms with Crippen LogP contribution in [0.4, 0.5) is 5.13 Å². The lowest BCUT2D eigenvalue weighted by atomic mass is 10.2. The average molecular weight is 346 g/mol. The fourth-order valence-electron chi connectivity index (χ4n) is 1.27. The van der Waals surface area contributed by atoms with Gasteiger partial charge in [0.25, 0.3) is 0 Å². The highest BCUT2D eigenvalue weighted by molar-refractivity contribution is 9.10. The first-order valence-corrected chi connectivity index (χ1v) is 7.60. The van der Waals surface area contributed by atoms with Crippen molar-refractivity contribution in [3.63, 3.8) is 0 Å². The zero-order valence-electron chi connectivity index (χ0n) is 9.92. The highest BCUT2D eigenvalue weighted by atomic mass is 79.9. The number of aromatic nitrogens is 2. The molecule has 1 heterocycles. The molecule has 0 fully saturated rings. The van der Waals surface area contributed by atoms with Crippen molar-refractivity contribution >= 4 is 44.2 Å². The van der Waals surface area contributed by atoms with Crippen LogP contribution in [0.15, 0.2) is 31.9 Å². The standard InChI is InChI=1S/C11H12BrN3OS2/c1-15(2)10-13-14-11(18-10)17-9-5-8(12)4-3-7(9)6-16/h3-5,16H,6H2,1-2H3. The van der Waals surface area contributed by atoms with Gasteiger partial charge in [0.15, 0.2) is 4.34 Å². The molecule has 0 spiro atoms. The van der Waals surface area contributed by atoms with Crippen molar-refractivity contribution in [3.8, 4) is 0 Å². The first-order chi connectivity index (χ1) is 8.60. The molecule has 1 aromatic carbocycles. The molecule has 0 saturated heterocycles. The fraction of sp³-hybridized carbons (Fsp3) is 0.273. The maximum absolute atomic E-state index is 9.31. The van der Waals surface area contributed by atoms with Crippen LogP contribution in [0.1, 0.15) is 5.56 Å². The van der Waals surface area contributed by atoms with Crippen molar-refractivity contribution < 1.29 is 5.11 Å². The Morgan fingerprint density at radius 2 is 2.17 bits per heavy atom. The van der Waals surface area contributed by atoms with Gasteiger partial charge in [0.2, 0.25) is 5.13 Å². The third-order valence-corrected chi connectivity index (χ3v) is 4.91. The van der Waals surface area contributed by atoms with E-state index in [1.165, 1.54) is 23.1 Å². The minimum Gasteiger partial charge on any atom is -0.392 e. The predicted molar refractivity (Wildman–Crippen MR) is 78.4 cm³/mol. The molecule has 2 rings (SSSR count). The average Bonchev–Trinajstić information content (AvgIpc) is 2.78. The summed E-state index contributed by atoms with van der Waals surface area (Å²) in [6, 6.07) is 5.80. The van der Waals surface area contributed by atoms with Crippen LogP contribution >= 0.6 is 39.0 Å². The Hall–Kier alpha value is -0.630.